The van der Waals surface area contributed by atoms with E-state index in [1.165, 1.54) is 0 Å². The van der Waals surface area contributed by atoms with Gasteiger partial charge in [0.15, 0.2) is 5.13 Å². The monoisotopic (exact) mass is 270 g/mol. The zero-order valence-corrected chi connectivity index (χ0v) is 11.4. The van der Waals surface area contributed by atoms with Gasteiger partial charge in [0, 0.05) is 12.0 Å². The van der Waals surface area contributed by atoms with Crippen LogP contribution in [0.5, 0.6) is 0 Å². The number of nitrogens with one attached hydrogen (secondary N) is 1. The van der Waals surface area contributed by atoms with E-state index in [0.29, 0.717) is 13.0 Å². The lowest BCUT2D eigenvalue weighted by molar-refractivity contribution is -0.138. The number of fused-ring (bicyclic) bond motifs is 1. The molecule has 1 aromatic rings. The molecule has 100 valence electrons. The molecule has 0 amide bonds. The van der Waals surface area contributed by atoms with Crippen LogP contribution in [0, 0.1) is 0 Å². The molecular formula is C12H18N2O3S. The molecular weight excluding hydrogens is 252 g/mol. The number of aryl methyl sites for hydroxylation is 1. The minimum Gasteiger partial charge on any atom is -0.481 e. The summed E-state index contributed by atoms with van der Waals surface area (Å²) in [6.07, 6.45) is 2.45. The van der Waals surface area contributed by atoms with E-state index in [-0.39, 0.29) is 6.04 Å². The third kappa shape index (κ3) is 2.64. The summed E-state index contributed by atoms with van der Waals surface area (Å²) in [5.74, 6) is -1.19. The van der Waals surface area contributed by atoms with Crippen LogP contribution in [-0.2, 0) is 16.0 Å². The first kappa shape index (κ1) is 13.3. The molecule has 0 saturated carbocycles. The predicted octanol–water partition coefficient (Wildman–Crippen LogP) is 2.09. The van der Waals surface area contributed by atoms with E-state index < -0.39 is 11.9 Å². The van der Waals surface area contributed by atoms with Gasteiger partial charge in [0.05, 0.1) is 18.3 Å². The van der Waals surface area contributed by atoms with Crippen LogP contribution in [0.3, 0.4) is 0 Å². The summed E-state index contributed by atoms with van der Waals surface area (Å²) in [5.41, 5.74) is 0.752. The van der Waals surface area contributed by atoms with Gasteiger partial charge in [0.1, 0.15) is 5.92 Å². The Labute approximate surface area is 110 Å². The van der Waals surface area contributed by atoms with E-state index in [1.54, 1.807) is 18.4 Å². The average Bonchev–Trinajstić information content (AvgIpc) is 2.87. The number of carboxylic acid groups (broad SMARTS) is 1. The number of thiazole rings is 1. The van der Waals surface area contributed by atoms with Crippen molar-refractivity contribution < 1.29 is 14.6 Å². The highest BCUT2D eigenvalue weighted by atomic mass is 32.1. The molecule has 1 aromatic heterocycles. The van der Waals surface area contributed by atoms with Gasteiger partial charge in [-0.3, -0.25) is 4.79 Å². The van der Waals surface area contributed by atoms with Crippen LogP contribution in [0.2, 0.25) is 0 Å². The summed E-state index contributed by atoms with van der Waals surface area (Å²) in [6.45, 7) is 2.71. The van der Waals surface area contributed by atoms with Crippen molar-refractivity contribution in [2.75, 3.05) is 19.0 Å². The molecule has 0 radical (unpaired) electrons. The number of methoxy groups -OCH3 is 1. The normalized spacial score (nSPS) is 19.6. The molecule has 1 aliphatic rings. The Morgan fingerprint density at radius 1 is 1.72 bits per heavy atom. The Balaban J connectivity index is 2.09. The summed E-state index contributed by atoms with van der Waals surface area (Å²) in [5, 5.41) is 13.2. The fraction of sp³-hybridized carbons (Fsp3) is 0.667. The molecule has 0 aromatic carbocycles. The molecule has 2 atom stereocenters. The van der Waals surface area contributed by atoms with Gasteiger partial charge in [-0.05, 0) is 19.3 Å². The lowest BCUT2D eigenvalue weighted by Crippen LogP contribution is -2.23. The van der Waals surface area contributed by atoms with Gasteiger partial charge >= 0.3 is 5.97 Å². The van der Waals surface area contributed by atoms with Crippen LogP contribution in [0.4, 0.5) is 5.13 Å². The number of aromatic nitrogens is 1. The Hall–Kier alpha value is -1.14. The molecule has 1 heterocycles. The van der Waals surface area contributed by atoms with Crippen molar-refractivity contribution in [3.05, 3.63) is 10.6 Å². The lowest BCUT2D eigenvalue weighted by Gasteiger charge is -2.14. The van der Waals surface area contributed by atoms with Crippen LogP contribution in [0.1, 0.15) is 36.3 Å². The van der Waals surface area contributed by atoms with Gasteiger partial charge < -0.3 is 15.2 Å². The van der Waals surface area contributed by atoms with Gasteiger partial charge in [-0.1, -0.05) is 6.92 Å². The number of hydrogen-bond acceptors (Lipinski definition) is 5. The smallest absolute Gasteiger partial charge is 0.312 e. The zero-order chi connectivity index (χ0) is 13.1. The molecule has 18 heavy (non-hydrogen) atoms. The lowest BCUT2D eigenvalue weighted by atomic mass is 10.1. The van der Waals surface area contributed by atoms with E-state index in [2.05, 4.69) is 17.2 Å². The van der Waals surface area contributed by atoms with Gasteiger partial charge in [-0.25, -0.2) is 4.98 Å². The molecule has 0 saturated heterocycles. The molecule has 0 fully saturated rings. The fourth-order valence-corrected chi connectivity index (χ4v) is 3.28. The highest BCUT2D eigenvalue weighted by molar-refractivity contribution is 7.15. The quantitative estimate of drug-likeness (QED) is 0.828. The second kappa shape index (κ2) is 5.67. The summed E-state index contributed by atoms with van der Waals surface area (Å²) in [6, 6.07) is 0.226. The molecule has 5 nitrogen and oxygen atoms in total. The van der Waals surface area contributed by atoms with Gasteiger partial charge in [0.2, 0.25) is 0 Å². The average molecular weight is 270 g/mol. The van der Waals surface area contributed by atoms with E-state index in [1.807, 2.05) is 0 Å². The van der Waals surface area contributed by atoms with Gasteiger partial charge in [-0.15, -0.1) is 11.3 Å². The van der Waals surface area contributed by atoms with Crippen LogP contribution in [0.15, 0.2) is 0 Å². The summed E-state index contributed by atoms with van der Waals surface area (Å²) in [7, 11) is 1.67. The maximum atomic E-state index is 11.1. The minimum absolute atomic E-state index is 0.226. The summed E-state index contributed by atoms with van der Waals surface area (Å²) < 4.78 is 5.12. The van der Waals surface area contributed by atoms with Gasteiger partial charge in [-0.2, -0.15) is 0 Å². The molecule has 2 N–H and O–H groups in total. The number of carbonyl (C=O) groups is 1. The molecule has 2 unspecified atom stereocenters. The third-order valence-electron chi connectivity index (χ3n) is 3.20. The Morgan fingerprint density at radius 2 is 2.50 bits per heavy atom. The second-order valence-electron chi connectivity index (χ2n) is 4.46. The first-order chi connectivity index (χ1) is 8.65. The summed E-state index contributed by atoms with van der Waals surface area (Å²) >= 11 is 1.57. The third-order valence-corrected chi connectivity index (χ3v) is 4.27. The maximum Gasteiger partial charge on any atom is 0.312 e. The number of hydrogen-bond donors (Lipinski definition) is 2. The molecule has 0 bridgehead atoms. The standard InChI is InChI=1S/C12H18N2O3S/c1-3-7(6-17-2)13-12-14-10-8(11(15)16)4-5-9(10)18-12/h7-8H,3-6H2,1-2H3,(H,13,14)(H,15,16). The maximum absolute atomic E-state index is 11.1. The topological polar surface area (TPSA) is 71.5 Å². The van der Waals surface area contributed by atoms with Crippen LogP contribution in [-0.4, -0.2) is 35.8 Å². The van der Waals surface area contributed by atoms with Crippen molar-refractivity contribution in [2.24, 2.45) is 0 Å². The number of carboxylic acids is 1. The zero-order valence-electron chi connectivity index (χ0n) is 10.6. The Morgan fingerprint density at radius 3 is 3.11 bits per heavy atom. The molecule has 6 heteroatoms. The van der Waals surface area contributed by atoms with E-state index in [4.69, 9.17) is 9.84 Å². The van der Waals surface area contributed by atoms with E-state index in [0.717, 1.165) is 28.5 Å². The number of ether oxygens (including phenoxy) is 1. The largest absolute Gasteiger partial charge is 0.481 e. The Bertz CT molecular complexity index is 433. The number of aliphatic carboxylic acids is 1. The number of rotatable bonds is 6. The Kier molecular flexibility index (Phi) is 4.19. The van der Waals surface area contributed by atoms with Crippen LogP contribution in [0.25, 0.3) is 0 Å². The van der Waals surface area contributed by atoms with Crippen molar-refractivity contribution in [1.82, 2.24) is 4.98 Å². The molecule has 2 rings (SSSR count). The van der Waals surface area contributed by atoms with E-state index in [9.17, 15) is 4.79 Å². The van der Waals surface area contributed by atoms with Crippen molar-refractivity contribution >= 4 is 22.4 Å². The SMILES string of the molecule is CCC(COC)Nc1nc2c(s1)CCC2C(=O)O. The second-order valence-corrected chi connectivity index (χ2v) is 5.55. The molecule has 0 spiro atoms. The summed E-state index contributed by atoms with van der Waals surface area (Å²) in [4.78, 5) is 16.6. The highest BCUT2D eigenvalue weighted by Gasteiger charge is 2.32. The van der Waals surface area contributed by atoms with Gasteiger partial charge in [0.25, 0.3) is 0 Å². The first-order valence-electron chi connectivity index (χ1n) is 6.13. The van der Waals surface area contributed by atoms with Crippen LogP contribution < -0.4 is 5.32 Å². The van der Waals surface area contributed by atoms with Crippen molar-refractivity contribution in [3.8, 4) is 0 Å². The number of nitrogens with zero attached hydrogens (tertiary/aromatic N) is 1. The predicted molar refractivity (Wildman–Crippen MR) is 70.4 cm³/mol. The molecule has 1 aliphatic carbocycles. The van der Waals surface area contributed by atoms with E-state index >= 15 is 0 Å². The first-order valence-corrected chi connectivity index (χ1v) is 6.95. The number of anilines is 1. The highest BCUT2D eigenvalue weighted by Crippen LogP contribution is 2.38. The van der Waals surface area contributed by atoms with Crippen LogP contribution >= 0.6 is 11.3 Å². The van der Waals surface area contributed by atoms with Crippen molar-refractivity contribution in [1.29, 1.82) is 0 Å². The van der Waals surface area contributed by atoms with Crippen molar-refractivity contribution in [3.63, 3.8) is 0 Å². The minimum atomic E-state index is -0.769. The van der Waals surface area contributed by atoms with Crippen molar-refractivity contribution in [2.45, 2.75) is 38.1 Å². The molecule has 0 aliphatic heterocycles. The fourth-order valence-electron chi connectivity index (χ4n) is 2.17.